The highest BCUT2D eigenvalue weighted by atomic mass is 79.9. The van der Waals surface area contributed by atoms with Gasteiger partial charge in [-0.15, -0.1) is 0 Å². The van der Waals surface area contributed by atoms with E-state index in [1.54, 1.807) is 12.1 Å². The third-order valence-corrected chi connectivity index (χ3v) is 5.39. The zero-order chi connectivity index (χ0) is 21.4. The molecule has 4 amide bonds. The number of carbonyl (C=O) groups excluding carboxylic acids is 3. The minimum atomic E-state index is -0.796. The van der Waals surface area contributed by atoms with Crippen LogP contribution in [0.4, 0.5) is 10.5 Å². The van der Waals surface area contributed by atoms with Gasteiger partial charge in [0.15, 0.2) is 0 Å². The van der Waals surface area contributed by atoms with E-state index in [4.69, 9.17) is 0 Å². The molecule has 2 aromatic heterocycles. The number of anilines is 1. The number of amides is 4. The number of hydrogen-bond acceptors (Lipinski definition) is 4. The second-order valence-electron chi connectivity index (χ2n) is 6.81. The fourth-order valence-electron chi connectivity index (χ4n) is 3.45. The van der Waals surface area contributed by atoms with Crippen molar-refractivity contribution >= 4 is 45.5 Å². The fourth-order valence-corrected chi connectivity index (χ4v) is 3.72. The molecule has 1 saturated heterocycles. The minimum Gasteiger partial charge on any atom is -0.318 e. The third-order valence-electron chi connectivity index (χ3n) is 4.86. The minimum absolute atomic E-state index is 0.116. The van der Waals surface area contributed by atoms with Crippen LogP contribution >= 0.6 is 15.9 Å². The number of urea groups is 1. The highest BCUT2D eigenvalue weighted by Crippen LogP contribution is 2.26. The number of barbiturate groups is 1. The largest absolute Gasteiger partial charge is 0.336 e. The van der Waals surface area contributed by atoms with Crippen molar-refractivity contribution in [2.75, 3.05) is 4.90 Å². The Balaban J connectivity index is 1.76. The van der Waals surface area contributed by atoms with Crippen LogP contribution in [0.1, 0.15) is 17.0 Å². The molecule has 30 heavy (non-hydrogen) atoms. The first-order valence-electron chi connectivity index (χ1n) is 9.13. The van der Waals surface area contributed by atoms with Gasteiger partial charge in [-0.05, 0) is 68.0 Å². The SMILES string of the molecule is Cc1cc(/C=C2/C(=O)NC(=O)N(c3cccnc3)C2=O)c(C)n1-c1ccc(Br)cc1. The van der Waals surface area contributed by atoms with Crippen LogP contribution in [0.15, 0.2) is 64.9 Å². The van der Waals surface area contributed by atoms with E-state index in [9.17, 15) is 14.4 Å². The first kappa shape index (κ1) is 19.8. The molecule has 1 N–H and O–H groups in total. The number of nitrogens with one attached hydrogen (secondary N) is 1. The number of imide groups is 2. The summed E-state index contributed by atoms with van der Waals surface area (Å²) >= 11 is 3.43. The van der Waals surface area contributed by atoms with E-state index in [-0.39, 0.29) is 5.57 Å². The molecule has 1 fully saturated rings. The molecule has 0 aliphatic carbocycles. The summed E-state index contributed by atoms with van der Waals surface area (Å²) in [6.45, 7) is 3.86. The van der Waals surface area contributed by atoms with Gasteiger partial charge >= 0.3 is 6.03 Å². The van der Waals surface area contributed by atoms with Gasteiger partial charge < -0.3 is 4.57 Å². The summed E-state index contributed by atoms with van der Waals surface area (Å²) in [4.78, 5) is 42.5. The lowest BCUT2D eigenvalue weighted by Gasteiger charge is -2.26. The molecule has 1 aliphatic rings. The van der Waals surface area contributed by atoms with E-state index < -0.39 is 17.8 Å². The summed E-state index contributed by atoms with van der Waals surface area (Å²) in [5, 5.41) is 2.23. The van der Waals surface area contributed by atoms with Gasteiger partial charge in [0.25, 0.3) is 11.8 Å². The smallest absolute Gasteiger partial charge is 0.318 e. The van der Waals surface area contributed by atoms with Gasteiger partial charge in [0, 0.05) is 27.7 Å². The van der Waals surface area contributed by atoms with Crippen LogP contribution in [0.25, 0.3) is 11.8 Å². The van der Waals surface area contributed by atoms with E-state index in [1.165, 1.54) is 18.5 Å². The highest BCUT2D eigenvalue weighted by molar-refractivity contribution is 9.10. The zero-order valence-corrected chi connectivity index (χ0v) is 17.8. The Morgan fingerprint density at radius 1 is 1.03 bits per heavy atom. The van der Waals surface area contributed by atoms with Crippen molar-refractivity contribution in [3.63, 3.8) is 0 Å². The van der Waals surface area contributed by atoms with Crippen LogP contribution in [0.3, 0.4) is 0 Å². The standard InChI is InChI=1S/C22H17BrN4O3/c1-13-10-15(14(2)26(13)17-7-5-16(23)6-8-17)11-19-20(28)25-22(30)27(21(19)29)18-4-3-9-24-12-18/h3-12H,1-2H3,(H,25,28,30)/b19-11-. The summed E-state index contributed by atoms with van der Waals surface area (Å²) in [5.41, 5.74) is 3.67. The average Bonchev–Trinajstić information content (AvgIpc) is 3.00. The summed E-state index contributed by atoms with van der Waals surface area (Å²) in [5.74, 6) is -1.41. The van der Waals surface area contributed by atoms with Gasteiger partial charge in [-0.25, -0.2) is 9.69 Å². The van der Waals surface area contributed by atoms with Crippen molar-refractivity contribution in [3.05, 3.63) is 81.9 Å². The van der Waals surface area contributed by atoms with Crippen LogP contribution in [0, 0.1) is 13.8 Å². The van der Waals surface area contributed by atoms with Gasteiger partial charge in [0.2, 0.25) is 0 Å². The quantitative estimate of drug-likeness (QED) is 0.470. The molecule has 0 radical (unpaired) electrons. The maximum Gasteiger partial charge on any atom is 0.336 e. The summed E-state index contributed by atoms with van der Waals surface area (Å²) in [6.07, 6.45) is 4.45. The number of pyridine rings is 1. The molecule has 0 spiro atoms. The second-order valence-corrected chi connectivity index (χ2v) is 7.72. The Hall–Kier alpha value is -3.52. The molecule has 7 nitrogen and oxygen atoms in total. The molecule has 3 heterocycles. The van der Waals surface area contributed by atoms with Crippen molar-refractivity contribution in [1.29, 1.82) is 0 Å². The maximum absolute atomic E-state index is 13.0. The maximum atomic E-state index is 13.0. The number of hydrogen-bond donors (Lipinski definition) is 1. The number of nitrogens with zero attached hydrogens (tertiary/aromatic N) is 3. The Labute approximate surface area is 181 Å². The van der Waals surface area contributed by atoms with Gasteiger partial charge in [-0.3, -0.25) is 19.9 Å². The monoisotopic (exact) mass is 464 g/mol. The van der Waals surface area contributed by atoms with Crippen LogP contribution in [-0.4, -0.2) is 27.4 Å². The molecule has 1 aliphatic heterocycles. The number of carbonyl (C=O) groups is 3. The van der Waals surface area contributed by atoms with E-state index in [2.05, 4.69) is 26.2 Å². The van der Waals surface area contributed by atoms with Crippen molar-refractivity contribution in [1.82, 2.24) is 14.9 Å². The van der Waals surface area contributed by atoms with E-state index in [0.29, 0.717) is 5.69 Å². The normalized spacial score (nSPS) is 15.6. The van der Waals surface area contributed by atoms with Crippen LogP contribution in [-0.2, 0) is 9.59 Å². The molecule has 1 aromatic carbocycles. The second kappa shape index (κ2) is 7.72. The zero-order valence-electron chi connectivity index (χ0n) is 16.2. The van der Waals surface area contributed by atoms with Gasteiger partial charge in [-0.2, -0.15) is 0 Å². The molecule has 0 bridgehead atoms. The van der Waals surface area contributed by atoms with Gasteiger partial charge in [0.1, 0.15) is 5.57 Å². The Bertz CT molecular complexity index is 1200. The third kappa shape index (κ3) is 3.46. The van der Waals surface area contributed by atoms with Crippen molar-refractivity contribution < 1.29 is 14.4 Å². The van der Waals surface area contributed by atoms with Gasteiger partial charge in [0.05, 0.1) is 11.9 Å². The predicted octanol–water partition coefficient (Wildman–Crippen LogP) is 3.92. The Morgan fingerprint density at radius 3 is 2.43 bits per heavy atom. The number of rotatable bonds is 3. The topological polar surface area (TPSA) is 84.3 Å². The average molecular weight is 465 g/mol. The molecular formula is C22H17BrN4O3. The fraction of sp³-hybridized carbons (Fsp3) is 0.0909. The molecule has 8 heteroatoms. The lowest BCUT2D eigenvalue weighted by Crippen LogP contribution is -2.54. The summed E-state index contributed by atoms with van der Waals surface area (Å²) in [6, 6.07) is 12.1. The molecule has 0 unspecified atom stereocenters. The predicted molar refractivity (Wildman–Crippen MR) is 116 cm³/mol. The summed E-state index contributed by atoms with van der Waals surface area (Å²) in [7, 11) is 0. The highest BCUT2D eigenvalue weighted by Gasteiger charge is 2.37. The number of benzene rings is 1. The van der Waals surface area contributed by atoms with Crippen LogP contribution in [0.5, 0.6) is 0 Å². The van der Waals surface area contributed by atoms with Crippen LogP contribution in [0.2, 0.25) is 0 Å². The van der Waals surface area contributed by atoms with Crippen LogP contribution < -0.4 is 10.2 Å². The lowest BCUT2D eigenvalue weighted by atomic mass is 10.1. The van der Waals surface area contributed by atoms with Crippen molar-refractivity contribution in [2.24, 2.45) is 0 Å². The van der Waals surface area contributed by atoms with Crippen molar-refractivity contribution in [3.8, 4) is 5.69 Å². The first-order valence-corrected chi connectivity index (χ1v) is 9.92. The van der Waals surface area contributed by atoms with E-state index in [0.717, 1.165) is 32.0 Å². The number of halogens is 1. The molecule has 0 saturated carbocycles. The molecule has 150 valence electrons. The molecular weight excluding hydrogens is 448 g/mol. The van der Waals surface area contributed by atoms with Gasteiger partial charge in [-0.1, -0.05) is 15.9 Å². The Kier molecular flexibility index (Phi) is 5.09. The number of aromatic nitrogens is 2. The van der Waals surface area contributed by atoms with Crippen molar-refractivity contribution in [2.45, 2.75) is 13.8 Å². The first-order chi connectivity index (χ1) is 14.4. The number of aryl methyl sites for hydroxylation is 1. The summed E-state index contributed by atoms with van der Waals surface area (Å²) < 4.78 is 3.01. The lowest BCUT2D eigenvalue weighted by molar-refractivity contribution is -0.122. The molecule has 3 aromatic rings. The van der Waals surface area contributed by atoms with E-state index in [1.807, 2.05) is 48.7 Å². The molecule has 4 rings (SSSR count). The van der Waals surface area contributed by atoms with E-state index >= 15 is 0 Å². The Morgan fingerprint density at radius 2 is 1.77 bits per heavy atom. The molecule has 0 atom stereocenters.